The van der Waals surface area contributed by atoms with Crippen LogP contribution in [0.5, 0.6) is 0 Å². The number of rotatable bonds is 6. The van der Waals surface area contributed by atoms with Crippen LogP contribution in [-0.2, 0) is 6.42 Å². The number of likely N-dealkylation sites (N-methyl/N-ethyl adjacent to an activating group) is 1. The van der Waals surface area contributed by atoms with Crippen molar-refractivity contribution in [2.24, 2.45) is 0 Å². The molecule has 0 radical (unpaired) electrons. The van der Waals surface area contributed by atoms with E-state index in [1.807, 2.05) is 49.3 Å². The number of benzene rings is 1. The maximum absolute atomic E-state index is 13.5. The van der Waals surface area contributed by atoms with E-state index in [1.165, 1.54) is 23.5 Å². The summed E-state index contributed by atoms with van der Waals surface area (Å²) in [4.78, 5) is 29.0. The summed E-state index contributed by atoms with van der Waals surface area (Å²) in [5.41, 5.74) is 5.45. The molecule has 1 fully saturated rings. The number of hydrogen-bond donors (Lipinski definition) is 2. The third kappa shape index (κ3) is 5.48. The van der Waals surface area contributed by atoms with Gasteiger partial charge in [-0.15, -0.1) is 0 Å². The fourth-order valence-corrected chi connectivity index (χ4v) is 6.85. The maximum atomic E-state index is 13.5. The summed E-state index contributed by atoms with van der Waals surface area (Å²) in [6.45, 7) is 9.63. The molecule has 0 bridgehead atoms. The van der Waals surface area contributed by atoms with Gasteiger partial charge in [0.25, 0.3) is 0 Å². The first-order valence-corrected chi connectivity index (χ1v) is 14.9. The molecule has 4 heterocycles. The van der Waals surface area contributed by atoms with Gasteiger partial charge >= 0.3 is 6.03 Å². The Kier molecular flexibility index (Phi) is 7.69. The molecule has 1 saturated heterocycles. The molecule has 0 spiro atoms. The number of nitrogens with one attached hydrogen (secondary N) is 2. The topological polar surface area (TPSA) is 105 Å². The predicted octanol–water partition coefficient (Wildman–Crippen LogP) is 4.79. The Morgan fingerprint density at radius 2 is 2.00 bits per heavy atom. The number of amides is 2. The number of carbonyl (C=O) groups excluding carboxylic acids is 1. The van der Waals surface area contributed by atoms with Crippen molar-refractivity contribution in [2.45, 2.75) is 62.8 Å². The van der Waals surface area contributed by atoms with Gasteiger partial charge in [-0.1, -0.05) is 18.3 Å². The van der Waals surface area contributed by atoms with E-state index in [0.717, 1.165) is 42.6 Å². The molecule has 2 aliphatic rings. The number of carbonyl (C=O) groups is 1. The summed E-state index contributed by atoms with van der Waals surface area (Å²) < 4.78 is 15.5. The van der Waals surface area contributed by atoms with Crippen LogP contribution < -0.4 is 15.6 Å². The van der Waals surface area contributed by atoms with Crippen molar-refractivity contribution in [3.05, 3.63) is 40.7 Å². The van der Waals surface area contributed by atoms with Crippen molar-refractivity contribution in [1.29, 1.82) is 5.26 Å². The summed E-state index contributed by atoms with van der Waals surface area (Å²) in [5, 5.41) is 14.3. The molecule has 13 heteroatoms. The van der Waals surface area contributed by atoms with Crippen LogP contribution in [0.1, 0.15) is 44.7 Å². The molecule has 1 aromatic carbocycles. The number of nitrogens with zero attached hydrogens (tertiary/aromatic N) is 7. The van der Waals surface area contributed by atoms with E-state index in [-0.39, 0.29) is 28.9 Å². The minimum Gasteiger partial charge on any atom is -0.333 e. The number of imidazole rings is 1. The van der Waals surface area contributed by atoms with Gasteiger partial charge in [-0.25, -0.2) is 23.8 Å². The lowest BCUT2D eigenvalue weighted by Crippen LogP contribution is -2.51. The Balaban J connectivity index is 1.34. The molecular weight excluding hydrogens is 549 g/mol. The molecule has 2 unspecified atom stereocenters. The monoisotopic (exact) mass is 583 g/mol. The standard InChI is InChI=1S/C27H34FN9OS2/c1-7-19-22(35(6)24-31-21(20(14-29)39-24)16-8-10-17(28)11-9-16)37-25(30-19)40-26(33-37)36-13-12-18(15-36)34(5)23(38)32-27(2,3)4/h8-11,18,26,33H,7,12-13,15H2,1-6H3,(H,32,38). The molecule has 2 atom stereocenters. The van der Waals surface area contributed by atoms with Gasteiger partial charge in [0.05, 0.1) is 5.69 Å². The van der Waals surface area contributed by atoms with E-state index in [0.29, 0.717) is 21.3 Å². The summed E-state index contributed by atoms with van der Waals surface area (Å²) in [7, 11) is 3.78. The lowest BCUT2D eigenvalue weighted by atomic mass is 10.1. The minimum absolute atomic E-state index is 0.0228. The lowest BCUT2D eigenvalue weighted by molar-refractivity contribution is 0.180. The maximum Gasteiger partial charge on any atom is 0.317 e. The second kappa shape index (κ2) is 10.9. The Morgan fingerprint density at radius 1 is 1.27 bits per heavy atom. The number of aryl methyl sites for hydroxylation is 1. The number of thioether (sulfide) groups is 1. The first-order chi connectivity index (χ1) is 19.0. The highest BCUT2D eigenvalue weighted by molar-refractivity contribution is 8.00. The van der Waals surface area contributed by atoms with Crippen LogP contribution in [0, 0.1) is 17.1 Å². The molecule has 5 rings (SSSR count). The fourth-order valence-electron chi connectivity index (χ4n) is 4.90. The largest absolute Gasteiger partial charge is 0.333 e. The molecule has 2 amide bonds. The van der Waals surface area contributed by atoms with Gasteiger partial charge in [-0.05, 0) is 69.6 Å². The van der Waals surface area contributed by atoms with Crippen molar-refractivity contribution >= 4 is 40.1 Å². The highest BCUT2D eigenvalue weighted by atomic mass is 32.2. The number of hydrogen-bond acceptors (Lipinski definition) is 9. The molecule has 2 aromatic heterocycles. The van der Waals surface area contributed by atoms with Gasteiger partial charge in [-0.3, -0.25) is 10.3 Å². The van der Waals surface area contributed by atoms with E-state index in [9.17, 15) is 14.4 Å². The normalized spacial score (nSPS) is 18.8. The van der Waals surface area contributed by atoms with Gasteiger partial charge in [-0.2, -0.15) is 5.26 Å². The van der Waals surface area contributed by atoms with Crippen molar-refractivity contribution in [1.82, 2.24) is 29.8 Å². The second-order valence-electron chi connectivity index (χ2n) is 11.0. The number of urea groups is 1. The van der Waals surface area contributed by atoms with E-state index in [2.05, 4.69) is 28.6 Å². The molecule has 0 aliphatic carbocycles. The molecule has 2 N–H and O–H groups in total. The Bertz CT molecular complexity index is 1440. The van der Waals surface area contributed by atoms with Crippen LogP contribution in [-0.4, -0.2) is 74.7 Å². The summed E-state index contributed by atoms with van der Waals surface area (Å²) in [5.74, 6) is 0.535. The van der Waals surface area contributed by atoms with E-state index in [4.69, 9.17) is 9.97 Å². The zero-order valence-corrected chi connectivity index (χ0v) is 25.2. The molecular formula is C27H34FN9OS2. The van der Waals surface area contributed by atoms with Crippen LogP contribution >= 0.6 is 23.1 Å². The smallest absolute Gasteiger partial charge is 0.317 e. The molecule has 40 heavy (non-hydrogen) atoms. The Labute approximate surface area is 242 Å². The van der Waals surface area contributed by atoms with Crippen molar-refractivity contribution < 1.29 is 9.18 Å². The summed E-state index contributed by atoms with van der Waals surface area (Å²) in [6, 6.07) is 8.32. The van der Waals surface area contributed by atoms with E-state index >= 15 is 0 Å². The fraction of sp³-hybridized carbons (Fsp3) is 0.481. The molecule has 2 aliphatic heterocycles. The van der Waals surface area contributed by atoms with Crippen LogP contribution in [0.2, 0.25) is 0 Å². The zero-order valence-electron chi connectivity index (χ0n) is 23.5. The number of nitriles is 1. The molecule has 212 valence electrons. The molecule has 10 nitrogen and oxygen atoms in total. The van der Waals surface area contributed by atoms with Crippen molar-refractivity contribution in [3.8, 4) is 17.3 Å². The number of anilines is 2. The van der Waals surface area contributed by atoms with Crippen molar-refractivity contribution in [3.63, 3.8) is 0 Å². The first kappa shape index (κ1) is 28.2. The number of fused-ring (bicyclic) bond motifs is 1. The van der Waals surface area contributed by atoms with Crippen LogP contribution in [0.15, 0.2) is 29.4 Å². The molecule has 3 aromatic rings. The van der Waals surface area contributed by atoms with Gasteiger partial charge in [0.1, 0.15) is 28.0 Å². The number of likely N-dealkylation sites (tertiary alicyclic amines) is 1. The van der Waals surface area contributed by atoms with Crippen LogP contribution in [0.4, 0.5) is 20.1 Å². The summed E-state index contributed by atoms with van der Waals surface area (Å²) >= 11 is 2.95. The zero-order chi connectivity index (χ0) is 28.8. The van der Waals surface area contributed by atoms with Gasteiger partial charge in [0, 0.05) is 44.3 Å². The third-order valence-electron chi connectivity index (χ3n) is 7.00. The highest BCUT2D eigenvalue weighted by Gasteiger charge is 2.38. The average molecular weight is 584 g/mol. The first-order valence-electron chi connectivity index (χ1n) is 13.2. The van der Waals surface area contributed by atoms with E-state index < -0.39 is 0 Å². The Morgan fingerprint density at radius 3 is 2.65 bits per heavy atom. The lowest BCUT2D eigenvalue weighted by Gasteiger charge is -2.30. The second-order valence-corrected chi connectivity index (χ2v) is 13.1. The Hall–Kier alpha value is -3.34. The van der Waals surface area contributed by atoms with Crippen LogP contribution in [0.3, 0.4) is 0 Å². The predicted molar refractivity (Wildman–Crippen MR) is 157 cm³/mol. The SMILES string of the molecule is CCc1nc2n(c1N(C)c1nc(-c3ccc(F)cc3)c(C#N)s1)NC(N1CCC(N(C)C(=O)NC(C)(C)C)C1)S2. The minimum atomic E-state index is -0.334. The third-order valence-corrected chi connectivity index (χ3v) is 9.15. The summed E-state index contributed by atoms with van der Waals surface area (Å²) in [6.07, 6.45) is 1.62. The average Bonchev–Trinajstić information content (AvgIpc) is 3.69. The highest BCUT2D eigenvalue weighted by Crippen LogP contribution is 2.41. The van der Waals surface area contributed by atoms with E-state index in [1.54, 1.807) is 23.9 Å². The number of halogens is 1. The van der Waals surface area contributed by atoms with Crippen molar-refractivity contribution in [2.75, 3.05) is 37.5 Å². The quantitative estimate of drug-likeness (QED) is 0.427. The molecule has 0 saturated carbocycles. The number of thiazole rings is 1. The van der Waals surface area contributed by atoms with Gasteiger partial charge in [0.2, 0.25) is 0 Å². The number of aromatic nitrogens is 3. The van der Waals surface area contributed by atoms with Gasteiger partial charge < -0.3 is 15.1 Å². The van der Waals surface area contributed by atoms with Gasteiger partial charge in [0.15, 0.2) is 16.1 Å². The van der Waals surface area contributed by atoms with Crippen LogP contribution in [0.25, 0.3) is 11.3 Å².